The fourth-order valence-corrected chi connectivity index (χ4v) is 3.14. The summed E-state index contributed by atoms with van der Waals surface area (Å²) in [6, 6.07) is 1.97. The van der Waals surface area contributed by atoms with Crippen LogP contribution in [-0.2, 0) is 17.8 Å². The first-order valence-corrected chi connectivity index (χ1v) is 8.85. The summed E-state index contributed by atoms with van der Waals surface area (Å²) in [6.45, 7) is 5.30. The van der Waals surface area contributed by atoms with Gasteiger partial charge in [0.25, 0.3) is 5.91 Å². The van der Waals surface area contributed by atoms with Crippen molar-refractivity contribution in [2.45, 2.75) is 32.9 Å². The van der Waals surface area contributed by atoms with E-state index in [-0.39, 0.29) is 11.8 Å². The molecule has 0 radical (unpaired) electrons. The summed E-state index contributed by atoms with van der Waals surface area (Å²) in [5, 5.41) is 4.40. The molecule has 4 rings (SSSR count). The minimum Gasteiger partial charge on any atom is -0.381 e. The van der Waals surface area contributed by atoms with Crippen LogP contribution in [-0.4, -0.2) is 50.3 Å². The lowest BCUT2D eigenvalue weighted by Crippen LogP contribution is -2.36. The molecule has 0 spiro atoms. The molecule has 1 saturated carbocycles. The molecule has 25 heavy (non-hydrogen) atoms. The molecule has 0 bridgehead atoms. The molecule has 2 aromatic rings. The van der Waals surface area contributed by atoms with Gasteiger partial charge in [0.2, 0.25) is 0 Å². The average molecular weight is 341 g/mol. The molecule has 1 aliphatic carbocycles. The summed E-state index contributed by atoms with van der Waals surface area (Å²) in [6.07, 6.45) is 7.54. The summed E-state index contributed by atoms with van der Waals surface area (Å²) in [5.74, 6) is 0.878. The van der Waals surface area contributed by atoms with Gasteiger partial charge in [0.1, 0.15) is 5.69 Å². The third kappa shape index (κ3) is 3.87. The van der Waals surface area contributed by atoms with Crippen LogP contribution in [0.1, 0.15) is 34.7 Å². The zero-order chi connectivity index (χ0) is 17.2. The second kappa shape index (κ2) is 6.92. The van der Waals surface area contributed by atoms with Gasteiger partial charge in [-0.05, 0) is 31.7 Å². The molecule has 0 aromatic carbocycles. The predicted octanol–water partition coefficient (Wildman–Crippen LogP) is 1.68. The Bertz CT molecular complexity index is 738. The molecular weight excluding hydrogens is 318 g/mol. The van der Waals surface area contributed by atoms with Gasteiger partial charge in [-0.2, -0.15) is 5.10 Å². The molecule has 2 aliphatic rings. The highest BCUT2D eigenvalue weighted by Crippen LogP contribution is 2.29. The molecule has 0 unspecified atom stereocenters. The maximum Gasteiger partial charge on any atom is 0.274 e. The van der Waals surface area contributed by atoms with E-state index >= 15 is 0 Å². The fraction of sp³-hybridized carbons (Fsp3) is 0.556. The van der Waals surface area contributed by atoms with Crippen molar-refractivity contribution in [2.75, 3.05) is 19.8 Å². The smallest absolute Gasteiger partial charge is 0.274 e. The number of rotatable bonds is 5. The Balaban J connectivity index is 1.49. The molecule has 7 nitrogen and oxygen atoms in total. The second-order valence-electron chi connectivity index (χ2n) is 7.08. The van der Waals surface area contributed by atoms with E-state index in [0.717, 1.165) is 30.5 Å². The first-order valence-electron chi connectivity index (χ1n) is 8.85. The largest absolute Gasteiger partial charge is 0.381 e. The van der Waals surface area contributed by atoms with Crippen molar-refractivity contribution in [2.24, 2.45) is 11.8 Å². The lowest BCUT2D eigenvalue weighted by Gasteiger charge is -2.23. The summed E-state index contributed by atoms with van der Waals surface area (Å²) >= 11 is 0. The van der Waals surface area contributed by atoms with Crippen molar-refractivity contribution in [3.8, 4) is 0 Å². The highest BCUT2D eigenvalue weighted by atomic mass is 16.5. The van der Waals surface area contributed by atoms with Gasteiger partial charge in [0.05, 0.1) is 30.7 Å². The van der Waals surface area contributed by atoms with Crippen LogP contribution in [0, 0.1) is 18.8 Å². The van der Waals surface area contributed by atoms with Gasteiger partial charge < -0.3 is 9.64 Å². The number of carbonyl (C=O) groups is 1. The number of fused-ring (bicyclic) bond motifs is 1. The van der Waals surface area contributed by atoms with Gasteiger partial charge in [-0.25, -0.2) is 4.98 Å². The standard InChI is InChI=1S/C18H23N5O2/c1-13-6-20-17(7-19-13)18(24)22-8-15(12-25-11-14-2-3-14)9-23-16(10-22)4-5-21-23/h4-7,14-15H,2-3,8-12H2,1H3/t15-/m0/s1. The Kier molecular flexibility index (Phi) is 4.48. The zero-order valence-electron chi connectivity index (χ0n) is 14.5. The van der Waals surface area contributed by atoms with E-state index in [1.54, 1.807) is 18.6 Å². The van der Waals surface area contributed by atoms with Gasteiger partial charge in [-0.15, -0.1) is 0 Å². The van der Waals surface area contributed by atoms with E-state index in [0.29, 0.717) is 25.4 Å². The van der Waals surface area contributed by atoms with Crippen molar-refractivity contribution in [3.63, 3.8) is 0 Å². The third-order valence-electron chi connectivity index (χ3n) is 4.76. The van der Waals surface area contributed by atoms with Crippen molar-refractivity contribution in [3.05, 3.63) is 41.7 Å². The van der Waals surface area contributed by atoms with Crippen LogP contribution in [0.25, 0.3) is 0 Å². The Labute approximate surface area is 147 Å². The average Bonchev–Trinajstić information content (AvgIpc) is 3.37. The molecule has 132 valence electrons. The number of amides is 1. The molecule has 0 saturated heterocycles. The first-order chi connectivity index (χ1) is 12.2. The van der Waals surface area contributed by atoms with Crippen LogP contribution in [0.15, 0.2) is 24.7 Å². The highest BCUT2D eigenvalue weighted by molar-refractivity contribution is 5.92. The van der Waals surface area contributed by atoms with Gasteiger partial charge in [0, 0.05) is 38.0 Å². The van der Waals surface area contributed by atoms with Crippen molar-refractivity contribution >= 4 is 5.91 Å². The monoisotopic (exact) mass is 341 g/mol. The third-order valence-corrected chi connectivity index (χ3v) is 4.76. The molecule has 1 atom stereocenters. The number of nitrogens with zero attached hydrogens (tertiary/aromatic N) is 5. The normalized spacial score (nSPS) is 20.2. The molecule has 3 heterocycles. The van der Waals surface area contributed by atoms with E-state index in [1.807, 2.05) is 22.6 Å². The number of ether oxygens (including phenoxy) is 1. The molecule has 1 amide bonds. The Morgan fingerprint density at radius 3 is 2.80 bits per heavy atom. The van der Waals surface area contributed by atoms with E-state index < -0.39 is 0 Å². The van der Waals surface area contributed by atoms with Crippen molar-refractivity contribution in [1.29, 1.82) is 0 Å². The number of hydrogen-bond donors (Lipinski definition) is 0. The summed E-state index contributed by atoms with van der Waals surface area (Å²) in [5.41, 5.74) is 2.23. The van der Waals surface area contributed by atoms with E-state index in [9.17, 15) is 4.79 Å². The van der Waals surface area contributed by atoms with Gasteiger partial charge in [0.15, 0.2) is 0 Å². The number of aromatic nitrogens is 4. The van der Waals surface area contributed by atoms with Crippen LogP contribution in [0.3, 0.4) is 0 Å². The maximum atomic E-state index is 12.9. The van der Waals surface area contributed by atoms with E-state index in [1.165, 1.54) is 12.8 Å². The maximum absolute atomic E-state index is 12.9. The number of hydrogen-bond acceptors (Lipinski definition) is 5. The predicted molar refractivity (Wildman–Crippen MR) is 90.8 cm³/mol. The van der Waals surface area contributed by atoms with Crippen molar-refractivity contribution < 1.29 is 9.53 Å². The molecule has 0 N–H and O–H groups in total. The molecule has 2 aromatic heterocycles. The molecule has 1 fully saturated rings. The quantitative estimate of drug-likeness (QED) is 0.827. The lowest BCUT2D eigenvalue weighted by molar-refractivity contribution is 0.0564. The van der Waals surface area contributed by atoms with Crippen LogP contribution < -0.4 is 0 Å². The zero-order valence-corrected chi connectivity index (χ0v) is 14.5. The first kappa shape index (κ1) is 16.2. The van der Waals surface area contributed by atoms with E-state index in [4.69, 9.17) is 4.74 Å². The summed E-state index contributed by atoms with van der Waals surface area (Å²) in [4.78, 5) is 23.2. The Morgan fingerprint density at radius 1 is 1.20 bits per heavy atom. The van der Waals surface area contributed by atoms with Crippen LogP contribution in [0.5, 0.6) is 0 Å². The molecule has 1 aliphatic heterocycles. The Hall–Kier alpha value is -2.28. The topological polar surface area (TPSA) is 73.1 Å². The minimum absolute atomic E-state index is 0.0886. The summed E-state index contributed by atoms with van der Waals surface area (Å²) in [7, 11) is 0. The van der Waals surface area contributed by atoms with Crippen molar-refractivity contribution in [1.82, 2.24) is 24.6 Å². The van der Waals surface area contributed by atoms with Crippen LogP contribution in [0.2, 0.25) is 0 Å². The van der Waals surface area contributed by atoms with Gasteiger partial charge in [-0.1, -0.05) is 0 Å². The lowest BCUT2D eigenvalue weighted by atomic mass is 10.1. The van der Waals surface area contributed by atoms with Gasteiger partial charge >= 0.3 is 0 Å². The van der Waals surface area contributed by atoms with E-state index in [2.05, 4.69) is 15.1 Å². The van der Waals surface area contributed by atoms with Crippen LogP contribution >= 0.6 is 0 Å². The number of carbonyl (C=O) groups excluding carboxylic acids is 1. The van der Waals surface area contributed by atoms with Crippen LogP contribution in [0.4, 0.5) is 0 Å². The SMILES string of the molecule is Cc1cnc(C(=O)N2Cc3ccnn3C[C@@H](COCC3CC3)C2)cn1. The summed E-state index contributed by atoms with van der Waals surface area (Å²) < 4.78 is 7.87. The molecule has 7 heteroatoms. The fourth-order valence-electron chi connectivity index (χ4n) is 3.14. The molecular formula is C18H23N5O2. The second-order valence-corrected chi connectivity index (χ2v) is 7.08. The number of aryl methyl sites for hydroxylation is 1. The Morgan fingerprint density at radius 2 is 2.04 bits per heavy atom. The van der Waals surface area contributed by atoms with Gasteiger partial charge in [-0.3, -0.25) is 14.5 Å². The minimum atomic E-state index is -0.0886. The highest BCUT2D eigenvalue weighted by Gasteiger charge is 2.28.